The number of likely N-dealkylation sites (tertiary alicyclic amines) is 1. The minimum atomic E-state index is -2.94. The Hall–Kier alpha value is -3.60. The molecule has 1 unspecified atom stereocenters. The van der Waals surface area contributed by atoms with Gasteiger partial charge in [-0.3, -0.25) is 4.79 Å². The largest absolute Gasteiger partial charge is 0.417 e. The van der Waals surface area contributed by atoms with E-state index in [0.29, 0.717) is 59.7 Å². The second-order valence-corrected chi connectivity index (χ2v) is 10.4. The number of amides is 1. The van der Waals surface area contributed by atoms with Gasteiger partial charge in [0.2, 0.25) is 5.88 Å². The van der Waals surface area contributed by atoms with Crippen molar-refractivity contribution in [1.29, 1.82) is 0 Å². The van der Waals surface area contributed by atoms with E-state index in [9.17, 15) is 13.6 Å². The minimum absolute atomic E-state index is 0.0283. The van der Waals surface area contributed by atoms with Crippen molar-refractivity contribution < 1.29 is 18.3 Å². The Morgan fingerprint density at radius 1 is 1.19 bits per heavy atom. The van der Waals surface area contributed by atoms with Crippen molar-refractivity contribution in [3.63, 3.8) is 0 Å². The SMILES string of the molecule is C[C@@H]1CC(N)CN(C(=O)c2cnc3c(c2)nc(-c2cc4ccc(OC(F)F)nc4n2CC2CC2)n3C)C1. The maximum absolute atomic E-state index is 13.2. The molecule has 0 bridgehead atoms. The fraction of sp³-hybridized carbons (Fsp3) is 0.462. The zero-order chi connectivity index (χ0) is 25.8. The molecule has 1 aliphatic heterocycles. The van der Waals surface area contributed by atoms with E-state index in [4.69, 9.17) is 10.7 Å². The van der Waals surface area contributed by atoms with Crippen LogP contribution in [0.1, 0.15) is 36.5 Å². The van der Waals surface area contributed by atoms with Crippen molar-refractivity contribution in [2.24, 2.45) is 24.6 Å². The quantitative estimate of drug-likeness (QED) is 0.424. The summed E-state index contributed by atoms with van der Waals surface area (Å²) < 4.78 is 34.1. The number of rotatable bonds is 6. The summed E-state index contributed by atoms with van der Waals surface area (Å²) in [7, 11) is 1.88. The minimum Gasteiger partial charge on any atom is -0.417 e. The zero-order valence-corrected chi connectivity index (χ0v) is 20.8. The maximum Gasteiger partial charge on any atom is 0.388 e. The summed E-state index contributed by atoms with van der Waals surface area (Å²) in [5.74, 6) is 1.30. The molecule has 2 atom stereocenters. The van der Waals surface area contributed by atoms with E-state index < -0.39 is 6.61 Å². The number of carbonyl (C=O) groups is 1. The van der Waals surface area contributed by atoms with Crippen LogP contribution in [0.5, 0.6) is 5.88 Å². The predicted octanol–water partition coefficient (Wildman–Crippen LogP) is 3.81. The highest BCUT2D eigenvalue weighted by atomic mass is 19.3. The van der Waals surface area contributed by atoms with E-state index in [2.05, 4.69) is 21.6 Å². The first-order valence-corrected chi connectivity index (χ1v) is 12.6. The summed E-state index contributed by atoms with van der Waals surface area (Å²) in [6.07, 6.45) is 4.72. The number of carbonyl (C=O) groups excluding carboxylic acids is 1. The molecule has 9 nitrogen and oxygen atoms in total. The first-order chi connectivity index (χ1) is 17.8. The van der Waals surface area contributed by atoms with Crippen molar-refractivity contribution in [2.75, 3.05) is 13.1 Å². The van der Waals surface area contributed by atoms with Gasteiger partial charge in [-0.05, 0) is 49.3 Å². The van der Waals surface area contributed by atoms with Gasteiger partial charge in [-0.1, -0.05) is 6.92 Å². The summed E-state index contributed by atoms with van der Waals surface area (Å²) in [5, 5.41) is 0.809. The van der Waals surface area contributed by atoms with Crippen LogP contribution in [0.2, 0.25) is 0 Å². The number of alkyl halides is 2. The molecule has 1 aliphatic carbocycles. The number of aryl methyl sites for hydroxylation is 1. The number of ether oxygens (including phenoxy) is 1. The Morgan fingerprint density at radius 2 is 2.00 bits per heavy atom. The molecule has 2 aliphatic rings. The van der Waals surface area contributed by atoms with Gasteiger partial charge in [0.05, 0.1) is 11.3 Å². The molecule has 0 spiro atoms. The van der Waals surface area contributed by atoms with Crippen LogP contribution in [-0.2, 0) is 13.6 Å². The van der Waals surface area contributed by atoms with E-state index in [1.54, 1.807) is 23.2 Å². The number of pyridine rings is 2. The Balaban J connectivity index is 1.40. The topological polar surface area (TPSA) is 104 Å². The maximum atomic E-state index is 13.2. The Morgan fingerprint density at radius 3 is 2.73 bits per heavy atom. The standard InChI is InChI=1S/C26H29F2N7O2/c1-14-7-18(29)13-34(11-14)25(36)17-8-19-23(30-10-17)33(2)24(31-19)20-9-16-5-6-21(37-26(27)28)32-22(16)35(20)12-15-3-4-15/h5-6,8-10,14-15,18,26H,3-4,7,11-13,29H2,1-2H3/t14-,18?/m1/s1. The van der Waals surface area contributed by atoms with Gasteiger partial charge in [0.1, 0.15) is 11.2 Å². The lowest BCUT2D eigenvalue weighted by atomic mass is 9.96. The Bertz CT molecular complexity index is 1480. The summed E-state index contributed by atoms with van der Waals surface area (Å²) in [6.45, 7) is 1.06. The average Bonchev–Trinajstić information content (AvgIpc) is 3.53. The Kier molecular flexibility index (Phi) is 5.82. The molecule has 0 radical (unpaired) electrons. The zero-order valence-electron chi connectivity index (χ0n) is 20.8. The molecule has 1 amide bonds. The van der Waals surface area contributed by atoms with Gasteiger partial charge in [0.15, 0.2) is 11.5 Å². The average molecular weight is 510 g/mol. The fourth-order valence-corrected chi connectivity index (χ4v) is 5.37. The summed E-state index contributed by atoms with van der Waals surface area (Å²) in [5.41, 5.74) is 9.27. The third kappa shape index (κ3) is 4.52. The molecule has 4 aromatic heterocycles. The molecular weight excluding hydrogens is 480 g/mol. The highest BCUT2D eigenvalue weighted by Gasteiger charge is 2.29. The van der Waals surface area contributed by atoms with Gasteiger partial charge >= 0.3 is 6.61 Å². The van der Waals surface area contributed by atoms with Crippen LogP contribution in [0.25, 0.3) is 33.7 Å². The van der Waals surface area contributed by atoms with Gasteiger partial charge < -0.3 is 24.5 Å². The van der Waals surface area contributed by atoms with E-state index in [1.165, 1.54) is 6.07 Å². The third-order valence-electron chi connectivity index (χ3n) is 7.23. The highest BCUT2D eigenvalue weighted by molar-refractivity contribution is 5.97. The molecule has 1 saturated carbocycles. The van der Waals surface area contributed by atoms with Crippen molar-refractivity contribution in [3.05, 3.63) is 36.0 Å². The number of nitrogens with zero attached hydrogens (tertiary/aromatic N) is 6. The summed E-state index contributed by atoms with van der Waals surface area (Å²) in [6, 6.07) is 6.89. The van der Waals surface area contributed by atoms with E-state index in [0.717, 1.165) is 30.3 Å². The van der Waals surface area contributed by atoms with Crippen LogP contribution in [-0.4, -0.2) is 60.6 Å². The summed E-state index contributed by atoms with van der Waals surface area (Å²) >= 11 is 0. The fourth-order valence-electron chi connectivity index (χ4n) is 5.37. The Labute approximate surface area is 212 Å². The predicted molar refractivity (Wildman–Crippen MR) is 134 cm³/mol. The van der Waals surface area contributed by atoms with Gasteiger partial charge in [0, 0.05) is 50.4 Å². The molecule has 0 aromatic carbocycles. The lowest BCUT2D eigenvalue weighted by Gasteiger charge is -2.34. The number of imidazole rings is 1. The number of fused-ring (bicyclic) bond motifs is 2. The number of halogens is 2. The molecule has 37 heavy (non-hydrogen) atoms. The normalized spacial score (nSPS) is 20.3. The number of aromatic nitrogens is 5. The molecule has 6 rings (SSSR count). The first kappa shape index (κ1) is 23.8. The summed E-state index contributed by atoms with van der Waals surface area (Å²) in [4.78, 5) is 28.8. The molecule has 5 heterocycles. The molecule has 11 heteroatoms. The second kappa shape index (κ2) is 9.05. The molecule has 1 saturated heterocycles. The number of piperidine rings is 1. The monoisotopic (exact) mass is 509 g/mol. The lowest BCUT2D eigenvalue weighted by Crippen LogP contribution is -2.48. The number of hydrogen-bond acceptors (Lipinski definition) is 6. The van der Waals surface area contributed by atoms with Crippen molar-refractivity contribution in [3.8, 4) is 17.4 Å². The van der Waals surface area contributed by atoms with Crippen LogP contribution < -0.4 is 10.5 Å². The molecule has 2 N–H and O–H groups in total. The third-order valence-corrected chi connectivity index (χ3v) is 7.23. The van der Waals surface area contributed by atoms with Crippen molar-refractivity contribution >= 4 is 28.1 Å². The van der Waals surface area contributed by atoms with Crippen LogP contribution in [0.4, 0.5) is 8.78 Å². The van der Waals surface area contributed by atoms with Crippen LogP contribution in [0.3, 0.4) is 0 Å². The van der Waals surface area contributed by atoms with E-state index >= 15 is 0 Å². The second-order valence-electron chi connectivity index (χ2n) is 10.4. The highest BCUT2D eigenvalue weighted by Crippen LogP contribution is 2.36. The van der Waals surface area contributed by atoms with E-state index in [-0.39, 0.29) is 17.8 Å². The lowest BCUT2D eigenvalue weighted by molar-refractivity contribution is -0.0526. The smallest absolute Gasteiger partial charge is 0.388 e. The van der Waals surface area contributed by atoms with Crippen molar-refractivity contribution in [1.82, 2.24) is 29.0 Å². The van der Waals surface area contributed by atoms with Crippen LogP contribution in [0.15, 0.2) is 30.5 Å². The van der Waals surface area contributed by atoms with E-state index in [1.807, 2.05) is 22.2 Å². The van der Waals surface area contributed by atoms with Crippen LogP contribution >= 0.6 is 0 Å². The number of hydrogen-bond donors (Lipinski definition) is 1. The molecule has 4 aromatic rings. The van der Waals surface area contributed by atoms with Gasteiger partial charge in [0.25, 0.3) is 5.91 Å². The number of nitrogens with two attached hydrogens (primary N) is 1. The van der Waals surface area contributed by atoms with Gasteiger partial charge in [-0.25, -0.2) is 9.97 Å². The van der Waals surface area contributed by atoms with Crippen LogP contribution in [0, 0.1) is 11.8 Å². The molecular formula is C26H29F2N7O2. The molecule has 2 fully saturated rings. The van der Waals surface area contributed by atoms with Gasteiger partial charge in [-0.2, -0.15) is 13.8 Å². The first-order valence-electron chi connectivity index (χ1n) is 12.6. The van der Waals surface area contributed by atoms with Crippen molar-refractivity contribution in [2.45, 2.75) is 45.4 Å². The molecule has 194 valence electrons. The van der Waals surface area contributed by atoms with Gasteiger partial charge in [-0.15, -0.1) is 0 Å².